The number of hydrogen-bond donors (Lipinski definition) is 2. The second-order valence-corrected chi connectivity index (χ2v) is 13.3. The van der Waals surface area contributed by atoms with Crippen molar-refractivity contribution in [3.05, 3.63) is 112 Å². The monoisotopic (exact) mass is 620 g/mol. The number of sulfonamides is 1. The molecule has 0 spiro atoms. The number of nitrogens with two attached hydrogens (primary N) is 1. The summed E-state index contributed by atoms with van der Waals surface area (Å²) in [5.41, 5.74) is 3.14. The molecule has 222 valence electrons. The first kappa shape index (κ1) is 29.1. The van der Waals surface area contributed by atoms with Crippen LogP contribution >= 0.6 is 11.3 Å². The van der Waals surface area contributed by atoms with Gasteiger partial charge in [-0.15, -0.1) is 11.3 Å². The number of ether oxygens (including phenoxy) is 1. The van der Waals surface area contributed by atoms with Gasteiger partial charge in [0.25, 0.3) is 0 Å². The number of hydrogen-bond acceptors (Lipinski definition) is 7. The number of carboxylic acid groups (broad SMARTS) is 1. The maximum absolute atomic E-state index is 15.5. The van der Waals surface area contributed by atoms with E-state index >= 15 is 4.39 Å². The maximum atomic E-state index is 15.5. The zero-order valence-electron chi connectivity index (χ0n) is 23.2. The highest BCUT2D eigenvalue weighted by Gasteiger charge is 2.42. The molecule has 0 bridgehead atoms. The second kappa shape index (κ2) is 11.3. The normalized spacial score (nSPS) is 18.8. The molecule has 9 nitrogen and oxygen atoms in total. The molecule has 0 radical (unpaired) electrons. The zero-order chi connectivity index (χ0) is 30.4. The van der Waals surface area contributed by atoms with Crippen LogP contribution in [0.3, 0.4) is 0 Å². The highest BCUT2D eigenvalue weighted by molar-refractivity contribution is 7.89. The Bertz CT molecular complexity index is 1860. The molecule has 6 rings (SSSR count). The highest BCUT2D eigenvalue weighted by atomic mass is 32.2. The number of rotatable bonds is 10. The van der Waals surface area contributed by atoms with E-state index in [2.05, 4.69) is 4.98 Å². The number of allylic oxidation sites excluding steroid dienone is 2. The molecule has 0 saturated heterocycles. The molecule has 43 heavy (non-hydrogen) atoms. The number of methoxy groups -OCH3 is 1. The third-order valence-electron chi connectivity index (χ3n) is 7.84. The Morgan fingerprint density at radius 3 is 2.51 bits per heavy atom. The molecule has 0 aliphatic heterocycles. The van der Waals surface area contributed by atoms with Crippen molar-refractivity contribution < 1.29 is 27.4 Å². The molecule has 0 amide bonds. The van der Waals surface area contributed by atoms with Gasteiger partial charge in [0, 0.05) is 30.9 Å². The molecule has 2 aromatic carbocycles. The molecule has 2 aliphatic carbocycles. The van der Waals surface area contributed by atoms with Crippen LogP contribution in [0.4, 0.5) is 4.39 Å². The van der Waals surface area contributed by atoms with Gasteiger partial charge in [0.15, 0.2) is 5.69 Å². The lowest BCUT2D eigenvalue weighted by Crippen LogP contribution is -2.30. The van der Waals surface area contributed by atoms with Gasteiger partial charge in [0.2, 0.25) is 15.2 Å². The van der Waals surface area contributed by atoms with Crippen molar-refractivity contribution in [2.45, 2.75) is 42.6 Å². The van der Waals surface area contributed by atoms with Crippen LogP contribution in [0.15, 0.2) is 82.9 Å². The zero-order valence-corrected chi connectivity index (χ0v) is 24.9. The fourth-order valence-electron chi connectivity index (χ4n) is 5.47. The van der Waals surface area contributed by atoms with E-state index in [4.69, 9.17) is 15.0 Å². The van der Waals surface area contributed by atoms with E-state index in [-0.39, 0.29) is 10.6 Å². The summed E-state index contributed by atoms with van der Waals surface area (Å²) in [5, 5.41) is 21.7. The Morgan fingerprint density at radius 2 is 1.91 bits per heavy atom. The van der Waals surface area contributed by atoms with E-state index in [0.29, 0.717) is 36.0 Å². The molecule has 1 fully saturated rings. The molecule has 1 unspecified atom stereocenters. The fourth-order valence-corrected chi connectivity index (χ4v) is 6.76. The summed E-state index contributed by atoms with van der Waals surface area (Å²) < 4.78 is 47.0. The van der Waals surface area contributed by atoms with Crippen LogP contribution in [0, 0.1) is 5.92 Å². The van der Waals surface area contributed by atoms with Crippen LogP contribution in [0.25, 0.3) is 10.7 Å². The average Bonchev–Trinajstić information content (AvgIpc) is 3.54. The second-order valence-electron chi connectivity index (χ2n) is 10.9. The van der Waals surface area contributed by atoms with Gasteiger partial charge >= 0.3 is 5.97 Å². The minimum atomic E-state index is -3.87. The number of primary sulfonamides is 1. The van der Waals surface area contributed by atoms with E-state index < -0.39 is 27.4 Å². The summed E-state index contributed by atoms with van der Waals surface area (Å²) in [6, 6.07) is 15.8. The molecule has 4 aromatic rings. The van der Waals surface area contributed by atoms with Gasteiger partial charge in [-0.05, 0) is 66.2 Å². The lowest BCUT2D eigenvalue weighted by Gasteiger charge is -2.32. The number of nitrogens with zero attached hydrogens (tertiary/aromatic N) is 3. The number of carbonyl (C=O) groups is 1. The summed E-state index contributed by atoms with van der Waals surface area (Å²) in [6.45, 7) is 0. The van der Waals surface area contributed by atoms with Crippen LogP contribution in [0.2, 0.25) is 0 Å². The molecule has 1 saturated carbocycles. The van der Waals surface area contributed by atoms with Gasteiger partial charge < -0.3 is 9.84 Å². The van der Waals surface area contributed by atoms with E-state index in [1.807, 2.05) is 30.3 Å². The largest absolute Gasteiger partial charge is 0.476 e. The van der Waals surface area contributed by atoms with Crippen LogP contribution < -0.4 is 5.14 Å². The molecular formula is C31H29FN4O5S2. The molecule has 2 aliphatic rings. The highest BCUT2D eigenvalue weighted by Crippen LogP contribution is 2.45. The Hall–Kier alpha value is -3.97. The van der Waals surface area contributed by atoms with Crippen LogP contribution in [0.5, 0.6) is 0 Å². The average molecular weight is 621 g/mol. The number of aromatic nitrogens is 3. The fraction of sp³-hybridized carbons (Fsp3) is 0.258. The van der Waals surface area contributed by atoms with Crippen LogP contribution in [-0.2, 0) is 33.2 Å². The van der Waals surface area contributed by atoms with Crippen molar-refractivity contribution in [1.82, 2.24) is 14.8 Å². The molecule has 3 N–H and O–H groups in total. The van der Waals surface area contributed by atoms with E-state index in [1.165, 1.54) is 36.8 Å². The van der Waals surface area contributed by atoms with Crippen molar-refractivity contribution in [1.29, 1.82) is 0 Å². The lowest BCUT2D eigenvalue weighted by atomic mass is 9.81. The summed E-state index contributed by atoms with van der Waals surface area (Å²) >= 11 is 1.16. The maximum Gasteiger partial charge on any atom is 0.355 e. The Labute approximate surface area is 252 Å². The first-order chi connectivity index (χ1) is 20.6. The van der Waals surface area contributed by atoms with Gasteiger partial charge in [0.1, 0.15) is 17.1 Å². The predicted molar refractivity (Wildman–Crippen MR) is 160 cm³/mol. The third kappa shape index (κ3) is 5.96. The Morgan fingerprint density at radius 1 is 1.19 bits per heavy atom. The topological polar surface area (TPSA) is 137 Å². The number of carboxylic acids is 1. The van der Waals surface area contributed by atoms with Crippen molar-refractivity contribution in [2.24, 2.45) is 11.1 Å². The predicted octanol–water partition coefficient (Wildman–Crippen LogP) is 5.40. The number of thiazole rings is 1. The van der Waals surface area contributed by atoms with E-state index in [1.54, 1.807) is 16.8 Å². The summed E-state index contributed by atoms with van der Waals surface area (Å²) in [5.74, 6) is -1.18. The van der Waals surface area contributed by atoms with E-state index in [9.17, 15) is 18.3 Å². The first-order valence-corrected chi connectivity index (χ1v) is 16.1. The number of benzene rings is 2. The SMILES string of the molecule is COC1(c2nn(-c3nc(C(=O)O)cs3)c(CC3CC3)c2Cc2ccc(S(N)(=O)=O)cc2)C=C(F)C=C(c2ccccc2)C1. The Kier molecular flexibility index (Phi) is 7.63. The third-order valence-corrected chi connectivity index (χ3v) is 9.59. The minimum absolute atomic E-state index is 0.00218. The van der Waals surface area contributed by atoms with Crippen LogP contribution in [-0.4, -0.2) is 41.4 Å². The molecule has 2 heterocycles. The quantitative estimate of drug-likeness (QED) is 0.242. The van der Waals surface area contributed by atoms with Gasteiger partial charge in [-0.25, -0.2) is 32.4 Å². The summed E-state index contributed by atoms with van der Waals surface area (Å²) in [7, 11) is -2.35. The minimum Gasteiger partial charge on any atom is -0.476 e. The molecule has 1 atom stereocenters. The summed E-state index contributed by atoms with van der Waals surface area (Å²) in [4.78, 5) is 16.0. The lowest BCUT2D eigenvalue weighted by molar-refractivity contribution is 0.0263. The Balaban J connectivity index is 1.53. The van der Waals surface area contributed by atoms with Crippen molar-refractivity contribution in [2.75, 3.05) is 7.11 Å². The van der Waals surface area contributed by atoms with Crippen LogP contribution in [0.1, 0.15) is 57.8 Å². The van der Waals surface area contributed by atoms with Gasteiger partial charge in [-0.3, -0.25) is 0 Å². The summed E-state index contributed by atoms with van der Waals surface area (Å²) in [6.07, 6.45) is 6.33. The standard InChI is InChI=1S/C31H29FN4O5S2/c1-41-31(16-22(15-23(32)17-31)21-5-3-2-4-6-21)28-25(13-19-9-11-24(12-10-19)43(33,39)40)27(14-20-7-8-20)36(35-28)30-34-26(18-42-30)29(37)38/h2-6,9-12,15,17-18,20H,7-8,13-14,16H2,1H3,(H,37,38)(H2,33,39,40). The van der Waals surface area contributed by atoms with E-state index in [0.717, 1.165) is 52.1 Å². The van der Waals surface area contributed by atoms with Crippen molar-refractivity contribution in [3.63, 3.8) is 0 Å². The van der Waals surface area contributed by atoms with Crippen molar-refractivity contribution >= 4 is 32.9 Å². The molecule has 12 heteroatoms. The van der Waals surface area contributed by atoms with Crippen molar-refractivity contribution in [3.8, 4) is 5.13 Å². The number of aromatic carboxylic acids is 1. The van der Waals surface area contributed by atoms with Gasteiger partial charge in [-0.2, -0.15) is 5.10 Å². The number of halogens is 1. The molecule has 2 aromatic heterocycles. The first-order valence-electron chi connectivity index (χ1n) is 13.7. The molecular weight excluding hydrogens is 591 g/mol. The smallest absolute Gasteiger partial charge is 0.355 e. The van der Waals surface area contributed by atoms with Gasteiger partial charge in [-0.1, -0.05) is 42.5 Å². The van der Waals surface area contributed by atoms with Gasteiger partial charge in [0.05, 0.1) is 10.6 Å².